The zero-order valence-electron chi connectivity index (χ0n) is 7.66. The number of hydrogen-bond acceptors (Lipinski definition) is 3. The SMILES string of the molecule is NCCNCc1c(F)nc(F)c(F)c1F. The van der Waals surface area contributed by atoms with E-state index in [4.69, 9.17) is 5.73 Å². The molecule has 84 valence electrons. The molecule has 0 saturated carbocycles. The molecule has 0 aliphatic carbocycles. The van der Waals surface area contributed by atoms with Crippen LogP contribution >= 0.6 is 0 Å². The molecule has 0 saturated heterocycles. The number of hydrogen-bond donors (Lipinski definition) is 2. The summed E-state index contributed by atoms with van der Waals surface area (Å²) in [7, 11) is 0. The Morgan fingerprint density at radius 3 is 2.33 bits per heavy atom. The van der Waals surface area contributed by atoms with Gasteiger partial charge in [0.05, 0.1) is 5.56 Å². The molecule has 1 heterocycles. The van der Waals surface area contributed by atoms with Gasteiger partial charge in [-0.2, -0.15) is 18.2 Å². The molecule has 0 aliphatic rings. The first-order chi connectivity index (χ1) is 7.07. The summed E-state index contributed by atoms with van der Waals surface area (Å²) < 4.78 is 50.9. The molecule has 0 atom stereocenters. The van der Waals surface area contributed by atoms with E-state index >= 15 is 0 Å². The Labute approximate surface area is 83.3 Å². The number of pyridine rings is 1. The summed E-state index contributed by atoms with van der Waals surface area (Å²) in [4.78, 5) is 2.59. The molecule has 0 radical (unpaired) electrons. The quantitative estimate of drug-likeness (QED) is 0.448. The molecule has 15 heavy (non-hydrogen) atoms. The predicted molar refractivity (Wildman–Crippen MR) is 44.8 cm³/mol. The Kier molecular flexibility index (Phi) is 3.98. The molecule has 3 N–H and O–H groups in total. The van der Waals surface area contributed by atoms with Crippen LogP contribution in [0.2, 0.25) is 0 Å². The standard InChI is InChI=1S/C8H9F4N3/c9-5-4(3-14-2-1-13)7(11)15-8(12)6(5)10/h14H,1-3,13H2. The molecular formula is C8H9F4N3. The van der Waals surface area contributed by atoms with Crippen LogP contribution in [-0.4, -0.2) is 18.1 Å². The number of halogens is 4. The second-order valence-electron chi connectivity index (χ2n) is 2.77. The second-order valence-corrected chi connectivity index (χ2v) is 2.77. The van der Waals surface area contributed by atoms with Crippen LogP contribution in [0.25, 0.3) is 0 Å². The molecule has 0 unspecified atom stereocenters. The van der Waals surface area contributed by atoms with E-state index in [1.807, 2.05) is 0 Å². The smallest absolute Gasteiger partial charge is 0.254 e. The van der Waals surface area contributed by atoms with Gasteiger partial charge in [-0.05, 0) is 0 Å². The minimum absolute atomic E-state index is 0.264. The van der Waals surface area contributed by atoms with Gasteiger partial charge < -0.3 is 11.1 Å². The summed E-state index contributed by atoms with van der Waals surface area (Å²) in [5.41, 5.74) is 4.49. The summed E-state index contributed by atoms with van der Waals surface area (Å²) in [6.45, 7) is 0.275. The van der Waals surface area contributed by atoms with Gasteiger partial charge in [0.15, 0.2) is 5.82 Å². The highest BCUT2D eigenvalue weighted by Gasteiger charge is 2.19. The lowest BCUT2D eigenvalue weighted by Crippen LogP contribution is -2.23. The van der Waals surface area contributed by atoms with Crippen molar-refractivity contribution in [1.29, 1.82) is 0 Å². The van der Waals surface area contributed by atoms with E-state index in [1.54, 1.807) is 0 Å². The van der Waals surface area contributed by atoms with E-state index in [1.165, 1.54) is 0 Å². The molecule has 0 amide bonds. The molecule has 1 aromatic heterocycles. The molecular weight excluding hydrogens is 214 g/mol. The van der Waals surface area contributed by atoms with Gasteiger partial charge in [-0.1, -0.05) is 0 Å². The number of rotatable bonds is 4. The molecule has 1 aromatic rings. The molecule has 0 bridgehead atoms. The average Bonchev–Trinajstić information content (AvgIpc) is 2.20. The van der Waals surface area contributed by atoms with Crippen LogP contribution in [-0.2, 0) is 6.54 Å². The van der Waals surface area contributed by atoms with Crippen LogP contribution in [0.15, 0.2) is 0 Å². The van der Waals surface area contributed by atoms with Crippen molar-refractivity contribution in [3.63, 3.8) is 0 Å². The summed E-state index contributed by atoms with van der Waals surface area (Å²) in [6, 6.07) is 0. The minimum atomic E-state index is -1.78. The Morgan fingerprint density at radius 2 is 1.73 bits per heavy atom. The van der Waals surface area contributed by atoms with E-state index in [-0.39, 0.29) is 13.1 Å². The van der Waals surface area contributed by atoms with Gasteiger partial charge in [-0.15, -0.1) is 0 Å². The maximum atomic E-state index is 13.0. The van der Waals surface area contributed by atoms with Crippen LogP contribution < -0.4 is 11.1 Å². The molecule has 0 aliphatic heterocycles. The van der Waals surface area contributed by atoms with Crippen molar-refractivity contribution in [2.75, 3.05) is 13.1 Å². The Balaban J connectivity index is 2.92. The number of nitrogens with zero attached hydrogens (tertiary/aromatic N) is 1. The number of aromatic nitrogens is 1. The predicted octanol–water partition coefficient (Wildman–Crippen LogP) is 0.686. The van der Waals surface area contributed by atoms with E-state index in [0.29, 0.717) is 6.54 Å². The highest BCUT2D eigenvalue weighted by Crippen LogP contribution is 2.15. The third-order valence-electron chi connectivity index (χ3n) is 1.71. The fourth-order valence-corrected chi connectivity index (χ4v) is 0.982. The molecule has 3 nitrogen and oxygen atoms in total. The van der Waals surface area contributed by atoms with E-state index in [2.05, 4.69) is 10.3 Å². The van der Waals surface area contributed by atoms with Crippen LogP contribution in [0.3, 0.4) is 0 Å². The topological polar surface area (TPSA) is 50.9 Å². The first-order valence-electron chi connectivity index (χ1n) is 4.17. The van der Waals surface area contributed by atoms with Gasteiger partial charge in [-0.25, -0.2) is 4.39 Å². The van der Waals surface area contributed by atoms with Crippen molar-refractivity contribution in [2.24, 2.45) is 5.73 Å². The van der Waals surface area contributed by atoms with Gasteiger partial charge in [-0.3, -0.25) is 0 Å². The summed E-state index contributed by atoms with van der Waals surface area (Å²) in [5.74, 6) is -6.49. The number of nitrogens with one attached hydrogen (secondary N) is 1. The Morgan fingerprint density at radius 1 is 1.07 bits per heavy atom. The fraction of sp³-hybridized carbons (Fsp3) is 0.375. The van der Waals surface area contributed by atoms with Crippen LogP contribution in [0.4, 0.5) is 17.6 Å². The number of nitrogens with two attached hydrogens (primary N) is 1. The Hall–Kier alpha value is -1.21. The third kappa shape index (κ3) is 2.63. The van der Waals surface area contributed by atoms with Crippen molar-refractivity contribution >= 4 is 0 Å². The maximum Gasteiger partial charge on any atom is 0.254 e. The monoisotopic (exact) mass is 223 g/mol. The molecule has 1 rings (SSSR count). The van der Waals surface area contributed by atoms with E-state index in [0.717, 1.165) is 0 Å². The normalized spacial score (nSPS) is 10.7. The van der Waals surface area contributed by atoms with Gasteiger partial charge in [0, 0.05) is 19.6 Å². The first-order valence-corrected chi connectivity index (χ1v) is 4.17. The third-order valence-corrected chi connectivity index (χ3v) is 1.71. The van der Waals surface area contributed by atoms with Crippen LogP contribution in [0.5, 0.6) is 0 Å². The summed E-state index contributed by atoms with van der Waals surface area (Å²) >= 11 is 0. The molecule has 7 heteroatoms. The van der Waals surface area contributed by atoms with Gasteiger partial charge in [0.1, 0.15) is 0 Å². The zero-order chi connectivity index (χ0) is 11.4. The fourth-order valence-electron chi connectivity index (χ4n) is 0.982. The summed E-state index contributed by atoms with van der Waals surface area (Å²) in [6.07, 6.45) is 0. The zero-order valence-corrected chi connectivity index (χ0v) is 7.66. The van der Waals surface area contributed by atoms with Crippen LogP contribution in [0.1, 0.15) is 5.56 Å². The van der Waals surface area contributed by atoms with Gasteiger partial charge >= 0.3 is 0 Å². The second kappa shape index (κ2) is 5.04. The highest BCUT2D eigenvalue weighted by atomic mass is 19.2. The lowest BCUT2D eigenvalue weighted by molar-refractivity contribution is 0.388. The van der Waals surface area contributed by atoms with Gasteiger partial charge in [0.25, 0.3) is 5.95 Å². The van der Waals surface area contributed by atoms with Gasteiger partial charge in [0.2, 0.25) is 11.8 Å². The average molecular weight is 223 g/mol. The van der Waals surface area contributed by atoms with Crippen molar-refractivity contribution in [2.45, 2.75) is 6.54 Å². The van der Waals surface area contributed by atoms with Crippen LogP contribution in [0, 0.1) is 23.5 Å². The van der Waals surface area contributed by atoms with Crippen molar-refractivity contribution in [3.8, 4) is 0 Å². The molecule has 0 fully saturated rings. The summed E-state index contributed by atoms with van der Waals surface area (Å²) in [5, 5.41) is 2.55. The molecule has 0 spiro atoms. The maximum absolute atomic E-state index is 13.0. The Bertz CT molecular complexity index is 356. The lowest BCUT2D eigenvalue weighted by Gasteiger charge is -2.06. The van der Waals surface area contributed by atoms with Crippen molar-refractivity contribution < 1.29 is 17.6 Å². The lowest BCUT2D eigenvalue weighted by atomic mass is 10.2. The minimum Gasteiger partial charge on any atom is -0.329 e. The van der Waals surface area contributed by atoms with Crippen molar-refractivity contribution in [3.05, 3.63) is 29.1 Å². The van der Waals surface area contributed by atoms with Crippen molar-refractivity contribution in [1.82, 2.24) is 10.3 Å². The highest BCUT2D eigenvalue weighted by molar-refractivity contribution is 5.15. The first kappa shape index (κ1) is 11.9. The largest absolute Gasteiger partial charge is 0.329 e. The van der Waals surface area contributed by atoms with E-state index < -0.39 is 29.1 Å². The van der Waals surface area contributed by atoms with E-state index in [9.17, 15) is 17.6 Å². The molecule has 0 aromatic carbocycles.